The lowest BCUT2D eigenvalue weighted by Gasteiger charge is -2.41. The van der Waals surface area contributed by atoms with Gasteiger partial charge in [-0.2, -0.15) is 0 Å². The van der Waals surface area contributed by atoms with Crippen molar-refractivity contribution in [2.75, 3.05) is 13.1 Å². The van der Waals surface area contributed by atoms with Crippen LogP contribution in [0.15, 0.2) is 97.1 Å². The second-order valence-electron chi connectivity index (χ2n) is 9.15. The summed E-state index contributed by atoms with van der Waals surface area (Å²) < 4.78 is 2.21. The van der Waals surface area contributed by atoms with Crippen LogP contribution in [0.1, 0.15) is 28.5 Å². The summed E-state index contributed by atoms with van der Waals surface area (Å²) in [5.41, 5.74) is 6.13. The van der Waals surface area contributed by atoms with E-state index in [0.29, 0.717) is 0 Å². The van der Waals surface area contributed by atoms with Gasteiger partial charge in [0, 0.05) is 36.6 Å². The zero-order valence-electron chi connectivity index (χ0n) is 19.8. The minimum atomic E-state index is 0.0997. The first-order valence-corrected chi connectivity index (χ1v) is 12.0. The standard InChI is InChI=1S/C30H31N3O/c1-22-18-28(29(25-14-8-4-9-15-25)32(22)26-16-10-5-11-17-26)30(34)33-23(2)20-31-21-27(33)19-24-12-6-3-7-13-24/h3-18,23,27,31H,19-21H2,1-2H3/t23-,27-/m1/s1. The van der Waals surface area contributed by atoms with E-state index in [4.69, 9.17) is 0 Å². The van der Waals surface area contributed by atoms with Crippen LogP contribution in [0.4, 0.5) is 0 Å². The van der Waals surface area contributed by atoms with Crippen molar-refractivity contribution in [3.05, 3.63) is 114 Å². The summed E-state index contributed by atoms with van der Waals surface area (Å²) in [6, 6.07) is 33.3. The Morgan fingerprint density at radius 3 is 2.18 bits per heavy atom. The molecule has 34 heavy (non-hydrogen) atoms. The van der Waals surface area contributed by atoms with Gasteiger partial charge in [-0.25, -0.2) is 0 Å². The number of aromatic nitrogens is 1. The summed E-state index contributed by atoms with van der Waals surface area (Å²) in [6.07, 6.45) is 0.836. The molecule has 3 aromatic carbocycles. The van der Waals surface area contributed by atoms with Crippen LogP contribution in [0.2, 0.25) is 0 Å². The first-order valence-electron chi connectivity index (χ1n) is 12.0. The molecule has 1 fully saturated rings. The summed E-state index contributed by atoms with van der Waals surface area (Å²) in [7, 11) is 0. The number of carbonyl (C=O) groups excluding carboxylic acids is 1. The third-order valence-electron chi connectivity index (χ3n) is 6.71. The quantitative estimate of drug-likeness (QED) is 0.437. The smallest absolute Gasteiger partial charge is 0.256 e. The molecule has 172 valence electrons. The van der Waals surface area contributed by atoms with Crippen molar-refractivity contribution in [3.8, 4) is 16.9 Å². The summed E-state index contributed by atoms with van der Waals surface area (Å²) >= 11 is 0. The van der Waals surface area contributed by atoms with Crippen molar-refractivity contribution in [3.63, 3.8) is 0 Å². The molecular weight excluding hydrogens is 418 g/mol. The van der Waals surface area contributed by atoms with Crippen LogP contribution < -0.4 is 5.32 Å². The van der Waals surface area contributed by atoms with Crippen LogP contribution in [0.5, 0.6) is 0 Å². The van der Waals surface area contributed by atoms with Crippen molar-refractivity contribution in [2.45, 2.75) is 32.4 Å². The van der Waals surface area contributed by atoms with Crippen molar-refractivity contribution in [2.24, 2.45) is 0 Å². The van der Waals surface area contributed by atoms with E-state index in [1.807, 2.05) is 42.5 Å². The molecule has 1 aliphatic rings. The number of para-hydroxylation sites is 1. The predicted molar refractivity (Wildman–Crippen MR) is 138 cm³/mol. The van der Waals surface area contributed by atoms with E-state index in [2.05, 4.69) is 83.2 Å². The fourth-order valence-corrected chi connectivity index (χ4v) is 5.17. The molecule has 1 amide bonds. The molecule has 1 aliphatic heterocycles. The number of hydrogen-bond donors (Lipinski definition) is 1. The molecule has 1 saturated heterocycles. The molecule has 2 heterocycles. The summed E-state index contributed by atoms with van der Waals surface area (Å²) in [4.78, 5) is 16.4. The lowest BCUT2D eigenvalue weighted by atomic mass is 9.98. The van der Waals surface area contributed by atoms with Crippen LogP contribution >= 0.6 is 0 Å². The van der Waals surface area contributed by atoms with E-state index < -0.39 is 0 Å². The number of aryl methyl sites for hydroxylation is 1. The Bertz CT molecular complexity index is 1250. The minimum Gasteiger partial charge on any atom is -0.330 e. The molecule has 1 N–H and O–H groups in total. The molecule has 4 heteroatoms. The molecule has 0 saturated carbocycles. The highest BCUT2D eigenvalue weighted by molar-refractivity contribution is 6.01. The Balaban J connectivity index is 1.60. The maximum Gasteiger partial charge on any atom is 0.256 e. The Hall–Kier alpha value is -3.63. The highest BCUT2D eigenvalue weighted by atomic mass is 16.2. The average molecular weight is 450 g/mol. The fraction of sp³-hybridized carbons (Fsp3) is 0.233. The maximum atomic E-state index is 14.3. The average Bonchev–Trinajstić information content (AvgIpc) is 3.22. The van der Waals surface area contributed by atoms with Crippen molar-refractivity contribution < 1.29 is 4.79 Å². The molecule has 4 aromatic rings. The summed E-state index contributed by atoms with van der Waals surface area (Å²) in [5, 5.41) is 3.53. The van der Waals surface area contributed by atoms with E-state index in [1.54, 1.807) is 0 Å². The molecule has 0 unspecified atom stereocenters. The number of rotatable bonds is 5. The van der Waals surface area contributed by atoms with Gasteiger partial charge in [0.25, 0.3) is 5.91 Å². The molecule has 0 radical (unpaired) electrons. The topological polar surface area (TPSA) is 37.3 Å². The number of piperazine rings is 1. The maximum absolute atomic E-state index is 14.3. The summed E-state index contributed by atoms with van der Waals surface area (Å²) in [6.45, 7) is 5.82. The first-order chi connectivity index (χ1) is 16.6. The van der Waals surface area contributed by atoms with Gasteiger partial charge in [-0.3, -0.25) is 4.79 Å². The number of amides is 1. The largest absolute Gasteiger partial charge is 0.330 e. The lowest BCUT2D eigenvalue weighted by molar-refractivity contribution is 0.0518. The van der Waals surface area contributed by atoms with Gasteiger partial charge in [0.05, 0.1) is 11.3 Å². The SMILES string of the molecule is Cc1cc(C(=O)N2[C@H](Cc3ccccc3)CNC[C@H]2C)c(-c2ccccc2)n1-c1ccccc1. The molecule has 5 rings (SSSR count). The highest BCUT2D eigenvalue weighted by Gasteiger charge is 2.34. The normalized spacial score (nSPS) is 18.1. The second kappa shape index (κ2) is 9.70. The number of hydrogen-bond acceptors (Lipinski definition) is 2. The number of carbonyl (C=O) groups is 1. The second-order valence-corrected chi connectivity index (χ2v) is 9.15. The van der Waals surface area contributed by atoms with Gasteiger partial charge >= 0.3 is 0 Å². The lowest BCUT2D eigenvalue weighted by Crippen LogP contribution is -2.59. The molecule has 1 aromatic heterocycles. The monoisotopic (exact) mass is 449 g/mol. The number of nitrogens with zero attached hydrogens (tertiary/aromatic N) is 2. The Morgan fingerprint density at radius 1 is 0.882 bits per heavy atom. The minimum absolute atomic E-state index is 0.0997. The fourth-order valence-electron chi connectivity index (χ4n) is 5.17. The first kappa shape index (κ1) is 22.2. The van der Waals surface area contributed by atoms with Crippen molar-refractivity contribution >= 4 is 5.91 Å². The van der Waals surface area contributed by atoms with Crippen molar-refractivity contribution in [1.29, 1.82) is 0 Å². The highest BCUT2D eigenvalue weighted by Crippen LogP contribution is 2.33. The third kappa shape index (κ3) is 4.29. The zero-order valence-corrected chi connectivity index (χ0v) is 19.8. The summed E-state index contributed by atoms with van der Waals surface area (Å²) in [5.74, 6) is 0.103. The zero-order chi connectivity index (χ0) is 23.5. The van der Waals surface area contributed by atoms with E-state index in [0.717, 1.165) is 47.7 Å². The van der Waals surface area contributed by atoms with Crippen LogP contribution in [0.25, 0.3) is 16.9 Å². The van der Waals surface area contributed by atoms with Crippen LogP contribution in [0.3, 0.4) is 0 Å². The van der Waals surface area contributed by atoms with E-state index in [1.165, 1.54) is 5.56 Å². The van der Waals surface area contributed by atoms with Crippen LogP contribution in [0, 0.1) is 6.92 Å². The van der Waals surface area contributed by atoms with Gasteiger partial charge in [0.15, 0.2) is 0 Å². The molecule has 0 bridgehead atoms. The predicted octanol–water partition coefficient (Wildman–Crippen LogP) is 5.50. The number of nitrogens with one attached hydrogen (secondary N) is 1. The molecule has 0 spiro atoms. The Kier molecular flexibility index (Phi) is 6.33. The molecule has 0 aliphatic carbocycles. The number of benzene rings is 3. The van der Waals surface area contributed by atoms with Crippen LogP contribution in [-0.2, 0) is 6.42 Å². The third-order valence-corrected chi connectivity index (χ3v) is 6.71. The van der Waals surface area contributed by atoms with Gasteiger partial charge in [0.2, 0.25) is 0 Å². The van der Waals surface area contributed by atoms with Crippen molar-refractivity contribution in [1.82, 2.24) is 14.8 Å². The van der Waals surface area contributed by atoms with Crippen LogP contribution in [-0.4, -0.2) is 40.5 Å². The van der Waals surface area contributed by atoms with Gasteiger partial charge in [-0.05, 0) is 49.6 Å². The van der Waals surface area contributed by atoms with Gasteiger partial charge in [-0.1, -0.05) is 78.9 Å². The van der Waals surface area contributed by atoms with E-state index >= 15 is 0 Å². The van der Waals surface area contributed by atoms with Gasteiger partial charge < -0.3 is 14.8 Å². The molecular formula is C30H31N3O. The Labute approximate surface area is 201 Å². The molecule has 4 nitrogen and oxygen atoms in total. The molecule has 2 atom stereocenters. The van der Waals surface area contributed by atoms with E-state index in [9.17, 15) is 4.79 Å². The Morgan fingerprint density at radius 2 is 1.50 bits per heavy atom. The van der Waals surface area contributed by atoms with E-state index in [-0.39, 0.29) is 18.0 Å². The van der Waals surface area contributed by atoms with Gasteiger partial charge in [0.1, 0.15) is 0 Å². The van der Waals surface area contributed by atoms with Gasteiger partial charge in [-0.15, -0.1) is 0 Å².